The molecule has 0 aliphatic rings. The summed E-state index contributed by atoms with van der Waals surface area (Å²) in [4.78, 5) is 24.1. The Balaban J connectivity index is 1.86. The van der Waals surface area contributed by atoms with E-state index in [1.165, 1.54) is 13.8 Å². The maximum absolute atomic E-state index is 12.1. The lowest BCUT2D eigenvalue weighted by Crippen LogP contribution is -2.17. The molecule has 3 aromatic rings. The van der Waals surface area contributed by atoms with Gasteiger partial charge in [0.05, 0.1) is 0 Å². The quantitative estimate of drug-likeness (QED) is 0.478. The standard InChI is InChI=1S/C25H24O4/c1-18(26)25(19(2)27)22-13-23(28-16-20-9-5-3-6-10-20)15-24(14-22)29-17-21-11-7-4-8-12-21/h3-15,25H,16-17H2,1-2H3. The fourth-order valence-corrected chi connectivity index (χ4v) is 3.16. The zero-order valence-electron chi connectivity index (χ0n) is 16.6. The molecule has 0 heterocycles. The third-order valence-electron chi connectivity index (χ3n) is 4.55. The molecule has 0 saturated heterocycles. The minimum atomic E-state index is -0.825. The molecule has 0 bridgehead atoms. The van der Waals surface area contributed by atoms with Crippen LogP contribution in [0, 0.1) is 0 Å². The molecule has 148 valence electrons. The fraction of sp³-hybridized carbons (Fsp3) is 0.200. The summed E-state index contributed by atoms with van der Waals surface area (Å²) in [7, 11) is 0. The number of ether oxygens (including phenoxy) is 2. The first-order valence-electron chi connectivity index (χ1n) is 9.52. The van der Waals surface area contributed by atoms with Crippen LogP contribution in [-0.2, 0) is 22.8 Å². The fourth-order valence-electron chi connectivity index (χ4n) is 3.16. The molecule has 0 aliphatic heterocycles. The highest BCUT2D eigenvalue weighted by molar-refractivity contribution is 6.05. The van der Waals surface area contributed by atoms with Crippen molar-refractivity contribution in [1.29, 1.82) is 0 Å². The van der Waals surface area contributed by atoms with E-state index in [1.54, 1.807) is 18.2 Å². The van der Waals surface area contributed by atoms with Crippen molar-refractivity contribution in [3.8, 4) is 11.5 Å². The predicted molar refractivity (Wildman–Crippen MR) is 112 cm³/mol. The molecule has 3 aromatic carbocycles. The van der Waals surface area contributed by atoms with E-state index >= 15 is 0 Å². The molecule has 4 heteroatoms. The van der Waals surface area contributed by atoms with E-state index in [0.717, 1.165) is 11.1 Å². The Morgan fingerprint density at radius 3 is 1.48 bits per heavy atom. The minimum absolute atomic E-state index is 0.202. The Morgan fingerprint density at radius 1 is 0.690 bits per heavy atom. The average molecular weight is 388 g/mol. The molecular weight excluding hydrogens is 364 g/mol. The van der Waals surface area contributed by atoms with Crippen molar-refractivity contribution in [1.82, 2.24) is 0 Å². The van der Waals surface area contributed by atoms with Gasteiger partial charge in [0.25, 0.3) is 0 Å². The van der Waals surface area contributed by atoms with Gasteiger partial charge in [-0.05, 0) is 42.7 Å². The molecular formula is C25H24O4. The molecule has 0 aromatic heterocycles. The number of Topliss-reactive ketones (excluding diaryl/α,β-unsaturated/α-hetero) is 2. The van der Waals surface area contributed by atoms with Gasteiger partial charge >= 0.3 is 0 Å². The van der Waals surface area contributed by atoms with Crippen LogP contribution in [0.2, 0.25) is 0 Å². The van der Waals surface area contributed by atoms with E-state index in [4.69, 9.17) is 9.47 Å². The van der Waals surface area contributed by atoms with Crippen molar-refractivity contribution in [3.63, 3.8) is 0 Å². The molecule has 0 amide bonds. The molecule has 29 heavy (non-hydrogen) atoms. The number of benzene rings is 3. The number of rotatable bonds is 9. The summed E-state index contributed by atoms with van der Waals surface area (Å²) in [5.41, 5.74) is 2.64. The molecule has 0 radical (unpaired) electrons. The second-order valence-electron chi connectivity index (χ2n) is 6.94. The SMILES string of the molecule is CC(=O)C(C(C)=O)c1cc(OCc2ccccc2)cc(OCc2ccccc2)c1. The van der Waals surface area contributed by atoms with E-state index < -0.39 is 5.92 Å². The van der Waals surface area contributed by atoms with Crippen molar-refractivity contribution in [2.24, 2.45) is 0 Å². The van der Waals surface area contributed by atoms with Gasteiger partial charge in [-0.25, -0.2) is 0 Å². The summed E-state index contributed by atoms with van der Waals surface area (Å²) in [5.74, 6) is -0.114. The van der Waals surface area contributed by atoms with Crippen LogP contribution in [0.15, 0.2) is 78.9 Å². The van der Waals surface area contributed by atoms with Gasteiger partial charge in [-0.15, -0.1) is 0 Å². The van der Waals surface area contributed by atoms with Gasteiger partial charge in [-0.3, -0.25) is 9.59 Å². The second-order valence-corrected chi connectivity index (χ2v) is 6.94. The Labute approximate surface area is 171 Å². The lowest BCUT2D eigenvalue weighted by molar-refractivity contribution is -0.126. The van der Waals surface area contributed by atoms with Crippen molar-refractivity contribution in [2.75, 3.05) is 0 Å². The summed E-state index contributed by atoms with van der Waals surface area (Å²) in [6, 6.07) is 24.9. The molecule has 0 N–H and O–H groups in total. The van der Waals surface area contributed by atoms with Gasteiger partial charge in [0.15, 0.2) is 0 Å². The second kappa shape index (κ2) is 9.69. The van der Waals surface area contributed by atoms with E-state index in [1.807, 2.05) is 60.7 Å². The van der Waals surface area contributed by atoms with Gasteiger partial charge in [-0.1, -0.05) is 60.7 Å². The van der Waals surface area contributed by atoms with Gasteiger partial charge in [0.1, 0.15) is 42.2 Å². The average Bonchev–Trinajstić information content (AvgIpc) is 2.72. The smallest absolute Gasteiger partial charge is 0.144 e. The van der Waals surface area contributed by atoms with Crippen molar-refractivity contribution < 1.29 is 19.1 Å². The van der Waals surface area contributed by atoms with Crippen molar-refractivity contribution in [3.05, 3.63) is 95.6 Å². The van der Waals surface area contributed by atoms with Gasteiger partial charge < -0.3 is 9.47 Å². The third-order valence-corrected chi connectivity index (χ3v) is 4.55. The minimum Gasteiger partial charge on any atom is -0.489 e. The van der Waals surface area contributed by atoms with Crippen LogP contribution in [0.5, 0.6) is 11.5 Å². The first-order valence-corrected chi connectivity index (χ1v) is 9.52. The molecule has 0 fully saturated rings. The summed E-state index contributed by atoms with van der Waals surface area (Å²) < 4.78 is 11.9. The molecule has 0 unspecified atom stereocenters. The lowest BCUT2D eigenvalue weighted by Gasteiger charge is -2.16. The van der Waals surface area contributed by atoms with E-state index in [2.05, 4.69) is 0 Å². The van der Waals surface area contributed by atoms with Crippen LogP contribution >= 0.6 is 0 Å². The van der Waals surface area contributed by atoms with Crippen LogP contribution in [0.25, 0.3) is 0 Å². The Kier molecular flexibility index (Phi) is 6.80. The molecule has 3 rings (SSSR count). The summed E-state index contributed by atoms with van der Waals surface area (Å²) in [6.07, 6.45) is 0. The van der Waals surface area contributed by atoms with E-state index in [0.29, 0.717) is 30.3 Å². The van der Waals surface area contributed by atoms with E-state index in [-0.39, 0.29) is 11.6 Å². The zero-order chi connectivity index (χ0) is 20.6. The van der Waals surface area contributed by atoms with Gasteiger partial charge in [0, 0.05) is 6.07 Å². The number of hydrogen-bond donors (Lipinski definition) is 0. The van der Waals surface area contributed by atoms with Gasteiger partial charge in [-0.2, -0.15) is 0 Å². The number of carbonyl (C=O) groups is 2. The summed E-state index contributed by atoms with van der Waals surface area (Å²) >= 11 is 0. The normalized spacial score (nSPS) is 10.6. The monoisotopic (exact) mass is 388 g/mol. The highest BCUT2D eigenvalue weighted by Gasteiger charge is 2.23. The maximum atomic E-state index is 12.1. The molecule has 0 saturated carbocycles. The Morgan fingerprint density at radius 2 is 1.10 bits per heavy atom. The molecule has 0 atom stereocenters. The largest absolute Gasteiger partial charge is 0.489 e. The highest BCUT2D eigenvalue weighted by Crippen LogP contribution is 2.30. The van der Waals surface area contributed by atoms with Crippen molar-refractivity contribution in [2.45, 2.75) is 33.0 Å². The number of carbonyl (C=O) groups excluding carboxylic acids is 2. The summed E-state index contributed by atoms with van der Waals surface area (Å²) in [5, 5.41) is 0. The maximum Gasteiger partial charge on any atom is 0.144 e. The lowest BCUT2D eigenvalue weighted by atomic mass is 9.91. The van der Waals surface area contributed by atoms with Gasteiger partial charge in [0.2, 0.25) is 0 Å². The van der Waals surface area contributed by atoms with Crippen LogP contribution in [0.3, 0.4) is 0 Å². The summed E-state index contributed by atoms with van der Waals surface area (Å²) in [6.45, 7) is 3.61. The zero-order valence-corrected chi connectivity index (χ0v) is 16.6. The van der Waals surface area contributed by atoms with Crippen LogP contribution < -0.4 is 9.47 Å². The number of hydrogen-bond acceptors (Lipinski definition) is 4. The first kappa shape index (κ1) is 20.3. The molecule has 4 nitrogen and oxygen atoms in total. The van der Waals surface area contributed by atoms with E-state index in [9.17, 15) is 9.59 Å². The molecule has 0 aliphatic carbocycles. The van der Waals surface area contributed by atoms with Crippen molar-refractivity contribution >= 4 is 11.6 Å². The first-order chi connectivity index (χ1) is 14.0. The number of ketones is 2. The third kappa shape index (κ3) is 5.79. The highest BCUT2D eigenvalue weighted by atomic mass is 16.5. The Bertz CT molecular complexity index is 889. The Hall–Kier alpha value is -3.40. The predicted octanol–water partition coefficient (Wildman–Crippen LogP) is 5.11. The molecule has 0 spiro atoms. The van der Waals surface area contributed by atoms with Crippen LogP contribution in [0.1, 0.15) is 36.5 Å². The van der Waals surface area contributed by atoms with Crippen LogP contribution in [0.4, 0.5) is 0 Å². The topological polar surface area (TPSA) is 52.6 Å². The van der Waals surface area contributed by atoms with Crippen LogP contribution in [-0.4, -0.2) is 11.6 Å².